The highest BCUT2D eigenvalue weighted by atomic mass is 32.2. The zero-order chi connectivity index (χ0) is 21.6. The summed E-state index contributed by atoms with van der Waals surface area (Å²) in [7, 11) is -0.729. The molecule has 0 saturated carbocycles. The number of sulfonamides is 1. The number of carbonyl (C=O) groups is 1. The zero-order valence-corrected chi connectivity index (χ0v) is 17.7. The van der Waals surface area contributed by atoms with Crippen molar-refractivity contribution in [3.05, 3.63) is 90.5 Å². The van der Waals surface area contributed by atoms with Crippen molar-refractivity contribution >= 4 is 21.6 Å². The molecule has 0 heterocycles. The first-order valence-corrected chi connectivity index (χ1v) is 10.9. The number of likely N-dealkylation sites (N-methyl/N-ethyl adjacent to an activating group) is 1. The standard InChI is InChI=1S/C23H24N2O4S/c1-24(17-19-9-5-3-6-10-19)23(26)18-25(20-13-15-21(29-2)16-14-20)30(27,28)22-11-7-4-8-12-22/h3-16H,17-18H2,1-2H3. The van der Waals surface area contributed by atoms with E-state index in [0.29, 0.717) is 18.0 Å². The predicted octanol–water partition coefficient (Wildman–Crippen LogP) is 3.55. The normalized spacial score (nSPS) is 11.0. The molecule has 0 aromatic heterocycles. The van der Waals surface area contributed by atoms with Gasteiger partial charge in [-0.3, -0.25) is 9.10 Å². The smallest absolute Gasteiger partial charge is 0.264 e. The van der Waals surface area contributed by atoms with Crippen LogP contribution >= 0.6 is 0 Å². The molecule has 0 bridgehead atoms. The lowest BCUT2D eigenvalue weighted by molar-refractivity contribution is -0.128. The Hall–Kier alpha value is -3.32. The van der Waals surface area contributed by atoms with Gasteiger partial charge >= 0.3 is 0 Å². The second-order valence-corrected chi connectivity index (χ2v) is 8.62. The Bertz CT molecular complexity index is 1070. The van der Waals surface area contributed by atoms with Crippen LogP contribution in [0.2, 0.25) is 0 Å². The summed E-state index contributed by atoms with van der Waals surface area (Å²) in [4.78, 5) is 14.6. The number of ether oxygens (including phenoxy) is 1. The van der Waals surface area contributed by atoms with Gasteiger partial charge in [-0.1, -0.05) is 48.5 Å². The van der Waals surface area contributed by atoms with Crippen molar-refractivity contribution in [3.63, 3.8) is 0 Å². The van der Waals surface area contributed by atoms with Gasteiger partial charge in [-0.05, 0) is 42.0 Å². The molecule has 0 spiro atoms. The Labute approximate surface area is 177 Å². The Morgan fingerprint density at radius 3 is 2.00 bits per heavy atom. The van der Waals surface area contributed by atoms with Gasteiger partial charge < -0.3 is 9.64 Å². The molecule has 0 saturated heterocycles. The van der Waals surface area contributed by atoms with Gasteiger partial charge in [0.15, 0.2) is 0 Å². The van der Waals surface area contributed by atoms with Gasteiger partial charge in [-0.15, -0.1) is 0 Å². The van der Waals surface area contributed by atoms with Crippen LogP contribution in [-0.4, -0.2) is 39.9 Å². The molecule has 3 rings (SSSR count). The van der Waals surface area contributed by atoms with E-state index in [4.69, 9.17) is 4.74 Å². The van der Waals surface area contributed by atoms with E-state index in [1.165, 1.54) is 24.1 Å². The lowest BCUT2D eigenvalue weighted by Crippen LogP contribution is -2.41. The Morgan fingerprint density at radius 1 is 0.867 bits per heavy atom. The molecular formula is C23H24N2O4S. The number of benzene rings is 3. The van der Waals surface area contributed by atoms with E-state index >= 15 is 0 Å². The topological polar surface area (TPSA) is 66.9 Å². The molecule has 1 amide bonds. The van der Waals surface area contributed by atoms with Gasteiger partial charge in [-0.25, -0.2) is 8.42 Å². The van der Waals surface area contributed by atoms with Crippen LogP contribution in [-0.2, 0) is 21.4 Å². The van der Waals surface area contributed by atoms with Crippen molar-refractivity contribution in [2.45, 2.75) is 11.4 Å². The van der Waals surface area contributed by atoms with E-state index in [-0.39, 0.29) is 17.3 Å². The summed E-state index contributed by atoms with van der Waals surface area (Å²) in [6.07, 6.45) is 0. The van der Waals surface area contributed by atoms with Crippen molar-refractivity contribution < 1.29 is 17.9 Å². The Balaban J connectivity index is 1.90. The highest BCUT2D eigenvalue weighted by Gasteiger charge is 2.28. The summed E-state index contributed by atoms with van der Waals surface area (Å²) >= 11 is 0. The second-order valence-electron chi connectivity index (χ2n) is 6.76. The number of methoxy groups -OCH3 is 1. The van der Waals surface area contributed by atoms with Crippen LogP contribution in [0.1, 0.15) is 5.56 Å². The largest absolute Gasteiger partial charge is 0.497 e. The van der Waals surface area contributed by atoms with Gasteiger partial charge in [0, 0.05) is 13.6 Å². The highest BCUT2D eigenvalue weighted by molar-refractivity contribution is 7.92. The number of nitrogens with zero attached hydrogens (tertiary/aromatic N) is 2. The third kappa shape index (κ3) is 4.99. The number of rotatable bonds is 8. The third-order valence-electron chi connectivity index (χ3n) is 4.66. The number of anilines is 1. The van der Waals surface area contributed by atoms with Crippen LogP contribution in [0, 0.1) is 0 Å². The molecule has 156 valence electrons. The van der Waals surface area contributed by atoms with E-state index in [1.807, 2.05) is 30.3 Å². The molecule has 0 aliphatic heterocycles. The summed E-state index contributed by atoms with van der Waals surface area (Å²) < 4.78 is 32.9. The van der Waals surface area contributed by atoms with Crippen LogP contribution < -0.4 is 9.04 Å². The van der Waals surface area contributed by atoms with Crippen LogP contribution in [0.15, 0.2) is 89.8 Å². The maximum atomic E-state index is 13.3. The zero-order valence-electron chi connectivity index (χ0n) is 16.9. The number of carbonyl (C=O) groups excluding carboxylic acids is 1. The number of amides is 1. The van der Waals surface area contributed by atoms with E-state index in [1.54, 1.807) is 49.5 Å². The molecule has 0 aliphatic rings. The third-order valence-corrected chi connectivity index (χ3v) is 6.45. The molecular weight excluding hydrogens is 400 g/mol. The maximum Gasteiger partial charge on any atom is 0.264 e. The molecule has 0 N–H and O–H groups in total. The van der Waals surface area contributed by atoms with Gasteiger partial charge in [0.1, 0.15) is 12.3 Å². The van der Waals surface area contributed by atoms with Gasteiger partial charge in [0.2, 0.25) is 5.91 Å². The second kappa shape index (κ2) is 9.45. The fourth-order valence-electron chi connectivity index (χ4n) is 2.97. The SMILES string of the molecule is COc1ccc(N(CC(=O)N(C)Cc2ccccc2)S(=O)(=O)c2ccccc2)cc1. The lowest BCUT2D eigenvalue weighted by Gasteiger charge is -2.27. The molecule has 3 aromatic carbocycles. The summed E-state index contributed by atoms with van der Waals surface area (Å²) in [5.74, 6) is 0.289. The Morgan fingerprint density at radius 2 is 1.43 bits per heavy atom. The van der Waals surface area contributed by atoms with Crippen molar-refractivity contribution in [3.8, 4) is 5.75 Å². The highest BCUT2D eigenvalue weighted by Crippen LogP contribution is 2.26. The van der Waals surface area contributed by atoms with E-state index in [0.717, 1.165) is 9.87 Å². The number of hydrogen-bond acceptors (Lipinski definition) is 4. The van der Waals surface area contributed by atoms with Gasteiger partial charge in [-0.2, -0.15) is 0 Å². The van der Waals surface area contributed by atoms with Crippen LogP contribution in [0.25, 0.3) is 0 Å². The minimum atomic E-state index is -3.93. The van der Waals surface area contributed by atoms with Crippen molar-refractivity contribution in [1.82, 2.24) is 4.90 Å². The molecule has 0 fully saturated rings. The van der Waals surface area contributed by atoms with Gasteiger partial charge in [0.25, 0.3) is 10.0 Å². The number of hydrogen-bond donors (Lipinski definition) is 0. The summed E-state index contributed by atoms with van der Waals surface area (Å²) in [6.45, 7) is 0.0778. The fourth-order valence-corrected chi connectivity index (χ4v) is 4.41. The fraction of sp³-hybridized carbons (Fsp3) is 0.174. The average molecular weight is 425 g/mol. The first-order valence-electron chi connectivity index (χ1n) is 9.41. The first-order chi connectivity index (χ1) is 14.4. The molecule has 0 radical (unpaired) electrons. The minimum Gasteiger partial charge on any atom is -0.497 e. The van der Waals surface area contributed by atoms with Crippen molar-refractivity contribution in [2.24, 2.45) is 0 Å². The van der Waals surface area contributed by atoms with Crippen LogP contribution in [0.5, 0.6) is 5.75 Å². The van der Waals surface area contributed by atoms with Crippen LogP contribution in [0.3, 0.4) is 0 Å². The van der Waals surface area contributed by atoms with Crippen molar-refractivity contribution in [1.29, 1.82) is 0 Å². The van der Waals surface area contributed by atoms with E-state index in [9.17, 15) is 13.2 Å². The van der Waals surface area contributed by atoms with E-state index < -0.39 is 10.0 Å². The maximum absolute atomic E-state index is 13.3. The quantitative estimate of drug-likeness (QED) is 0.555. The molecule has 0 atom stereocenters. The molecule has 7 heteroatoms. The first kappa shape index (κ1) is 21.4. The lowest BCUT2D eigenvalue weighted by atomic mass is 10.2. The molecule has 3 aromatic rings. The summed E-state index contributed by atoms with van der Waals surface area (Å²) in [5.41, 5.74) is 1.36. The molecule has 0 unspecified atom stereocenters. The monoisotopic (exact) mass is 424 g/mol. The summed E-state index contributed by atoms with van der Waals surface area (Å²) in [6, 6.07) is 24.2. The van der Waals surface area contributed by atoms with Crippen LogP contribution in [0.4, 0.5) is 5.69 Å². The van der Waals surface area contributed by atoms with Gasteiger partial charge in [0.05, 0.1) is 17.7 Å². The van der Waals surface area contributed by atoms with E-state index in [2.05, 4.69) is 0 Å². The molecule has 0 aliphatic carbocycles. The Kier molecular flexibility index (Phi) is 6.74. The predicted molar refractivity (Wildman–Crippen MR) is 117 cm³/mol. The molecule has 30 heavy (non-hydrogen) atoms. The summed E-state index contributed by atoms with van der Waals surface area (Å²) in [5, 5.41) is 0. The van der Waals surface area contributed by atoms with Crippen molar-refractivity contribution in [2.75, 3.05) is 25.0 Å². The average Bonchev–Trinajstić information content (AvgIpc) is 2.78. The minimum absolute atomic E-state index is 0.124. The molecule has 6 nitrogen and oxygen atoms in total.